The fourth-order valence-electron chi connectivity index (χ4n) is 0.632. The third kappa shape index (κ3) is 2.45. The van der Waals surface area contributed by atoms with E-state index in [1.54, 1.807) is 0 Å². The molecular formula is C6H13NO4. The maximum Gasteiger partial charge on any atom is 0.342 e. The molecule has 0 aromatic heterocycles. The van der Waals surface area contributed by atoms with E-state index in [0.717, 1.165) is 0 Å². The summed E-state index contributed by atoms with van der Waals surface area (Å²) in [6, 6.07) is 0. The summed E-state index contributed by atoms with van der Waals surface area (Å²) in [5, 5.41) is 0. The van der Waals surface area contributed by atoms with Crippen LogP contribution in [0.4, 0.5) is 0 Å². The van der Waals surface area contributed by atoms with E-state index in [1.165, 1.54) is 21.1 Å². The first-order chi connectivity index (χ1) is 5.10. The highest BCUT2D eigenvalue weighted by molar-refractivity contribution is 5.79. The fraction of sp³-hybridized carbons (Fsp3) is 0.833. The van der Waals surface area contributed by atoms with E-state index in [1.807, 2.05) is 0 Å². The molecule has 1 unspecified atom stereocenters. The molecule has 0 bridgehead atoms. The Kier molecular flexibility index (Phi) is 4.02. The van der Waals surface area contributed by atoms with Crippen LogP contribution in [0.5, 0.6) is 0 Å². The Morgan fingerprint density at radius 2 is 2.09 bits per heavy atom. The first kappa shape index (κ1) is 10.3. The molecule has 1 atom stereocenters. The van der Waals surface area contributed by atoms with Gasteiger partial charge in [-0.3, -0.25) is 4.84 Å². The van der Waals surface area contributed by atoms with Crippen LogP contribution < -0.4 is 5.90 Å². The van der Waals surface area contributed by atoms with Crippen molar-refractivity contribution in [3.8, 4) is 0 Å². The monoisotopic (exact) mass is 163 g/mol. The van der Waals surface area contributed by atoms with Crippen LogP contribution in [0, 0.1) is 0 Å². The van der Waals surface area contributed by atoms with Crippen molar-refractivity contribution in [3.63, 3.8) is 0 Å². The number of nitrogens with two attached hydrogens (primary N) is 1. The summed E-state index contributed by atoms with van der Waals surface area (Å²) in [6.45, 7) is 1.55. The molecule has 0 rings (SSSR count). The molecule has 0 heterocycles. The Bertz CT molecular complexity index is 139. The zero-order valence-electron chi connectivity index (χ0n) is 6.92. The van der Waals surface area contributed by atoms with Crippen LogP contribution in [0.15, 0.2) is 0 Å². The van der Waals surface area contributed by atoms with Gasteiger partial charge in [-0.05, 0) is 6.92 Å². The Morgan fingerprint density at radius 3 is 2.36 bits per heavy atom. The van der Waals surface area contributed by atoms with Crippen LogP contribution in [0.25, 0.3) is 0 Å². The molecule has 2 N–H and O–H groups in total. The minimum Gasteiger partial charge on any atom is -0.467 e. The topological polar surface area (TPSA) is 70.8 Å². The van der Waals surface area contributed by atoms with Crippen molar-refractivity contribution in [2.75, 3.05) is 20.8 Å². The summed E-state index contributed by atoms with van der Waals surface area (Å²) in [5.74, 6) is 4.33. The number of ether oxygens (including phenoxy) is 2. The first-order valence-electron chi connectivity index (χ1n) is 3.06. The van der Waals surface area contributed by atoms with E-state index in [2.05, 4.69) is 9.57 Å². The summed E-state index contributed by atoms with van der Waals surface area (Å²) in [5.41, 5.74) is -1.20. The van der Waals surface area contributed by atoms with E-state index in [4.69, 9.17) is 10.6 Å². The Morgan fingerprint density at radius 1 is 1.55 bits per heavy atom. The van der Waals surface area contributed by atoms with E-state index < -0.39 is 11.6 Å². The molecule has 5 heteroatoms. The van der Waals surface area contributed by atoms with Gasteiger partial charge in [-0.25, -0.2) is 10.7 Å². The molecule has 0 aromatic carbocycles. The van der Waals surface area contributed by atoms with Gasteiger partial charge in [0, 0.05) is 7.11 Å². The van der Waals surface area contributed by atoms with Crippen molar-refractivity contribution < 1.29 is 19.1 Å². The zero-order valence-corrected chi connectivity index (χ0v) is 6.92. The van der Waals surface area contributed by atoms with E-state index in [0.29, 0.717) is 0 Å². The smallest absolute Gasteiger partial charge is 0.342 e. The van der Waals surface area contributed by atoms with Gasteiger partial charge in [-0.2, -0.15) is 0 Å². The van der Waals surface area contributed by atoms with Crippen LogP contribution in [-0.4, -0.2) is 32.4 Å². The number of carbonyl (C=O) groups is 1. The molecule has 0 amide bonds. The van der Waals surface area contributed by atoms with Crippen LogP contribution in [0.1, 0.15) is 6.92 Å². The molecule has 0 aliphatic rings. The fourth-order valence-corrected chi connectivity index (χ4v) is 0.632. The molecule has 0 radical (unpaired) electrons. The molecule has 0 fully saturated rings. The number of methoxy groups -OCH3 is 2. The van der Waals surface area contributed by atoms with Crippen molar-refractivity contribution in [3.05, 3.63) is 0 Å². The Balaban J connectivity index is 4.19. The average Bonchev–Trinajstić information content (AvgIpc) is 2.03. The van der Waals surface area contributed by atoms with Crippen LogP contribution >= 0.6 is 0 Å². The van der Waals surface area contributed by atoms with E-state index >= 15 is 0 Å². The molecule has 0 aliphatic heterocycles. The van der Waals surface area contributed by atoms with Gasteiger partial charge in [0.15, 0.2) is 0 Å². The highest BCUT2D eigenvalue weighted by atomic mass is 16.7. The van der Waals surface area contributed by atoms with Gasteiger partial charge >= 0.3 is 5.97 Å². The summed E-state index contributed by atoms with van der Waals surface area (Å²) >= 11 is 0. The second kappa shape index (κ2) is 4.27. The lowest BCUT2D eigenvalue weighted by Crippen LogP contribution is -2.45. The van der Waals surface area contributed by atoms with Crippen LogP contribution in [0.2, 0.25) is 0 Å². The number of hydrogen-bond acceptors (Lipinski definition) is 5. The molecule has 0 aliphatic carbocycles. The molecular weight excluding hydrogens is 150 g/mol. The van der Waals surface area contributed by atoms with Gasteiger partial charge in [0.2, 0.25) is 5.60 Å². The summed E-state index contributed by atoms with van der Waals surface area (Å²) in [7, 11) is 2.70. The third-order valence-corrected chi connectivity index (χ3v) is 1.30. The first-order valence-corrected chi connectivity index (χ1v) is 3.06. The van der Waals surface area contributed by atoms with Crippen molar-refractivity contribution in [2.45, 2.75) is 12.5 Å². The maximum atomic E-state index is 10.9. The van der Waals surface area contributed by atoms with Crippen molar-refractivity contribution in [1.82, 2.24) is 0 Å². The van der Waals surface area contributed by atoms with Crippen LogP contribution in [0.3, 0.4) is 0 Å². The van der Waals surface area contributed by atoms with Crippen LogP contribution in [-0.2, 0) is 19.1 Å². The molecule has 0 saturated carbocycles. The van der Waals surface area contributed by atoms with Crippen molar-refractivity contribution in [1.29, 1.82) is 0 Å². The highest BCUT2D eigenvalue weighted by Crippen LogP contribution is 2.09. The minimum absolute atomic E-state index is 0.0656. The minimum atomic E-state index is -1.20. The number of esters is 1. The molecule has 11 heavy (non-hydrogen) atoms. The third-order valence-electron chi connectivity index (χ3n) is 1.30. The second-order valence-electron chi connectivity index (χ2n) is 2.27. The quantitative estimate of drug-likeness (QED) is 0.445. The van der Waals surface area contributed by atoms with Gasteiger partial charge in [0.1, 0.15) is 0 Å². The number of rotatable bonds is 4. The average molecular weight is 163 g/mol. The molecule has 5 nitrogen and oxygen atoms in total. The molecule has 0 aromatic rings. The van der Waals surface area contributed by atoms with E-state index in [9.17, 15) is 4.79 Å². The summed E-state index contributed by atoms with van der Waals surface area (Å²) in [4.78, 5) is 15.4. The van der Waals surface area contributed by atoms with Gasteiger partial charge in [-0.15, -0.1) is 0 Å². The van der Waals surface area contributed by atoms with Gasteiger partial charge in [-0.1, -0.05) is 0 Å². The lowest BCUT2D eigenvalue weighted by atomic mass is 10.1. The van der Waals surface area contributed by atoms with Crippen molar-refractivity contribution >= 4 is 5.97 Å². The molecule has 66 valence electrons. The van der Waals surface area contributed by atoms with E-state index in [-0.39, 0.29) is 6.61 Å². The number of carbonyl (C=O) groups excluding carboxylic acids is 1. The summed E-state index contributed by atoms with van der Waals surface area (Å²) < 4.78 is 9.15. The number of hydrogen-bond donors (Lipinski definition) is 1. The highest BCUT2D eigenvalue weighted by Gasteiger charge is 2.35. The maximum absolute atomic E-state index is 10.9. The van der Waals surface area contributed by atoms with Gasteiger partial charge in [0.25, 0.3) is 0 Å². The summed E-state index contributed by atoms with van der Waals surface area (Å²) in [6.07, 6.45) is 0. The lowest BCUT2D eigenvalue weighted by molar-refractivity contribution is -0.174. The molecule has 0 spiro atoms. The lowest BCUT2D eigenvalue weighted by Gasteiger charge is -2.22. The predicted octanol–water partition coefficient (Wildman–Crippen LogP) is -0.545. The second-order valence-corrected chi connectivity index (χ2v) is 2.27. The van der Waals surface area contributed by atoms with Gasteiger partial charge < -0.3 is 9.47 Å². The largest absolute Gasteiger partial charge is 0.467 e. The Labute approximate surface area is 65.4 Å². The predicted molar refractivity (Wildman–Crippen MR) is 37.6 cm³/mol. The zero-order chi connectivity index (χ0) is 8.91. The normalized spacial score (nSPS) is 15.6. The van der Waals surface area contributed by atoms with Gasteiger partial charge in [0.05, 0.1) is 13.7 Å². The van der Waals surface area contributed by atoms with Crippen molar-refractivity contribution in [2.24, 2.45) is 5.90 Å². The molecule has 0 saturated heterocycles. The Hall–Kier alpha value is -0.650. The standard InChI is InChI=1S/C6H13NO4/c1-6(11-7,4-9-2)5(8)10-3/h4,7H2,1-3H3. The SMILES string of the molecule is COCC(C)(ON)C(=O)OC.